The molecule has 50 heavy (non-hydrogen) atoms. The summed E-state index contributed by atoms with van der Waals surface area (Å²) in [5, 5.41) is 14.1. The molecule has 0 spiro atoms. The van der Waals surface area contributed by atoms with Gasteiger partial charge in [-0.15, -0.1) is 0 Å². The lowest BCUT2D eigenvalue weighted by Gasteiger charge is -2.46. The SMILES string of the molecule is N=C(N)c1ccc2c(c1)N(Cc1cccc3c(OCc4ccccc4)cccc13)C(C(=O)NC1CCC(N)CC1)(C1CCCCCCCC1)C2. The summed E-state index contributed by atoms with van der Waals surface area (Å²) < 4.78 is 6.41. The molecule has 0 radical (unpaired) electrons. The number of amides is 1. The normalized spacial score (nSPS) is 23.0. The van der Waals surface area contributed by atoms with Crippen LogP contribution >= 0.6 is 0 Å². The summed E-state index contributed by atoms with van der Waals surface area (Å²) in [5.41, 5.74) is 16.8. The molecule has 2 saturated carbocycles. The fourth-order valence-corrected chi connectivity index (χ4v) is 8.91. The van der Waals surface area contributed by atoms with E-state index >= 15 is 4.79 Å². The van der Waals surface area contributed by atoms with Crippen LogP contribution in [0.2, 0.25) is 0 Å². The first-order chi connectivity index (χ1) is 24.4. The molecular weight excluding hydrogens is 619 g/mol. The van der Waals surface area contributed by atoms with Crippen LogP contribution in [-0.2, 0) is 24.4 Å². The van der Waals surface area contributed by atoms with Crippen molar-refractivity contribution in [1.29, 1.82) is 5.41 Å². The third kappa shape index (κ3) is 7.11. The predicted octanol–water partition coefficient (Wildman–Crippen LogP) is 8.14. The predicted molar refractivity (Wildman–Crippen MR) is 204 cm³/mol. The highest BCUT2D eigenvalue weighted by Crippen LogP contribution is 2.49. The van der Waals surface area contributed by atoms with E-state index < -0.39 is 5.54 Å². The maximum Gasteiger partial charge on any atom is 0.246 e. The van der Waals surface area contributed by atoms with Gasteiger partial charge in [0.1, 0.15) is 23.7 Å². The Labute approximate surface area is 297 Å². The van der Waals surface area contributed by atoms with Crippen LogP contribution in [0.1, 0.15) is 99.3 Å². The molecule has 4 aromatic rings. The molecule has 6 N–H and O–H groups in total. The van der Waals surface area contributed by atoms with Crippen LogP contribution in [0.3, 0.4) is 0 Å². The highest BCUT2D eigenvalue weighted by molar-refractivity contribution is 5.99. The largest absolute Gasteiger partial charge is 0.488 e. The molecule has 7 nitrogen and oxygen atoms in total. The van der Waals surface area contributed by atoms with Crippen molar-refractivity contribution >= 4 is 28.2 Å². The lowest BCUT2D eigenvalue weighted by atomic mass is 9.74. The highest BCUT2D eigenvalue weighted by atomic mass is 16.5. The van der Waals surface area contributed by atoms with Crippen LogP contribution in [0.4, 0.5) is 5.69 Å². The van der Waals surface area contributed by atoms with Gasteiger partial charge in [0.2, 0.25) is 5.91 Å². The van der Waals surface area contributed by atoms with Gasteiger partial charge in [0.25, 0.3) is 0 Å². The van der Waals surface area contributed by atoms with Crippen molar-refractivity contribution in [3.05, 3.63) is 107 Å². The summed E-state index contributed by atoms with van der Waals surface area (Å²) in [6.45, 7) is 1.06. The molecule has 1 heterocycles. The van der Waals surface area contributed by atoms with E-state index in [0.29, 0.717) is 25.1 Å². The fraction of sp³-hybridized carbons (Fsp3) is 0.442. The van der Waals surface area contributed by atoms with Gasteiger partial charge >= 0.3 is 0 Å². The van der Waals surface area contributed by atoms with Crippen LogP contribution in [0.25, 0.3) is 10.8 Å². The van der Waals surface area contributed by atoms with E-state index in [4.69, 9.17) is 21.6 Å². The number of carbonyl (C=O) groups is 1. The standard InChI is InChI=1S/C43H53N5O2/c44-35-22-24-36(25-23-35)47-42(49)43(34-15-8-3-1-2-4-9-16-34)27-32-21-20-31(41(45)46)26-39(32)48(43)28-33-14-10-18-38-37(33)17-11-19-40(38)50-29-30-12-6-5-7-13-30/h5-7,10-14,17-21,26,34-36H,1-4,8-9,15-16,22-25,27-29,44H2,(H3,45,46)(H,47,49). The zero-order chi connectivity index (χ0) is 34.5. The van der Waals surface area contributed by atoms with E-state index in [1.807, 2.05) is 30.3 Å². The zero-order valence-corrected chi connectivity index (χ0v) is 29.3. The van der Waals surface area contributed by atoms with Crippen molar-refractivity contribution < 1.29 is 9.53 Å². The summed E-state index contributed by atoms with van der Waals surface area (Å²) >= 11 is 0. The van der Waals surface area contributed by atoms with Crippen LogP contribution in [0.5, 0.6) is 5.75 Å². The number of nitrogens with zero attached hydrogens (tertiary/aromatic N) is 1. The lowest BCUT2D eigenvalue weighted by Crippen LogP contribution is -2.63. The van der Waals surface area contributed by atoms with Crippen molar-refractivity contribution in [2.45, 2.75) is 114 Å². The molecule has 1 aliphatic heterocycles. The van der Waals surface area contributed by atoms with Gasteiger partial charge in [0, 0.05) is 41.7 Å². The number of nitrogen functional groups attached to an aromatic ring is 1. The maximum atomic E-state index is 15.3. The minimum atomic E-state index is -0.759. The molecule has 2 aliphatic carbocycles. The Bertz CT molecular complexity index is 1790. The number of fused-ring (bicyclic) bond motifs is 2. The van der Waals surface area contributed by atoms with Crippen molar-refractivity contribution in [2.24, 2.45) is 17.4 Å². The second kappa shape index (κ2) is 15.3. The second-order valence-electron chi connectivity index (χ2n) is 15.0. The number of nitrogens with one attached hydrogen (secondary N) is 2. The molecule has 7 heteroatoms. The van der Waals surface area contributed by atoms with Crippen LogP contribution in [-0.4, -0.2) is 29.4 Å². The molecule has 0 bridgehead atoms. The van der Waals surface area contributed by atoms with Gasteiger partial charge in [-0.05, 0) is 78.7 Å². The maximum absolute atomic E-state index is 15.3. The van der Waals surface area contributed by atoms with Crippen LogP contribution < -0.4 is 26.4 Å². The molecule has 3 aliphatic rings. The second-order valence-corrected chi connectivity index (χ2v) is 15.0. The first-order valence-electron chi connectivity index (χ1n) is 18.9. The van der Waals surface area contributed by atoms with Gasteiger partial charge < -0.3 is 26.4 Å². The molecule has 0 aromatic heterocycles. The van der Waals surface area contributed by atoms with Gasteiger partial charge in [0.15, 0.2) is 0 Å². The van der Waals surface area contributed by atoms with Gasteiger partial charge in [-0.2, -0.15) is 0 Å². The molecule has 7 rings (SSSR count). The van der Waals surface area contributed by atoms with E-state index in [1.54, 1.807) is 0 Å². The summed E-state index contributed by atoms with van der Waals surface area (Å²) in [6, 6.07) is 29.5. The Morgan fingerprint density at radius 1 is 0.820 bits per heavy atom. The average Bonchev–Trinajstić information content (AvgIpc) is 3.53. The summed E-state index contributed by atoms with van der Waals surface area (Å²) in [6.07, 6.45) is 13.7. The molecule has 1 unspecified atom stereocenters. The van der Waals surface area contributed by atoms with Crippen LogP contribution in [0, 0.1) is 11.3 Å². The number of hydrogen-bond donors (Lipinski definition) is 4. The van der Waals surface area contributed by atoms with Gasteiger partial charge in [0.05, 0.1) is 0 Å². The Morgan fingerprint density at radius 3 is 2.26 bits per heavy atom. The first-order valence-corrected chi connectivity index (χ1v) is 18.9. The average molecular weight is 672 g/mol. The van der Waals surface area contributed by atoms with E-state index in [1.165, 1.54) is 25.7 Å². The first kappa shape index (κ1) is 34.1. The molecular formula is C43H53N5O2. The minimum absolute atomic E-state index is 0.0426. The number of benzene rings is 4. The summed E-state index contributed by atoms with van der Waals surface area (Å²) in [5.74, 6) is 1.24. The third-order valence-corrected chi connectivity index (χ3v) is 11.7. The summed E-state index contributed by atoms with van der Waals surface area (Å²) in [7, 11) is 0. The van der Waals surface area contributed by atoms with Crippen molar-refractivity contribution in [3.63, 3.8) is 0 Å². The Morgan fingerprint density at radius 2 is 1.52 bits per heavy atom. The number of anilines is 1. The number of carbonyl (C=O) groups excluding carboxylic acids is 1. The quantitative estimate of drug-likeness (QED) is 0.106. The third-order valence-electron chi connectivity index (χ3n) is 11.7. The van der Waals surface area contributed by atoms with E-state index in [0.717, 1.165) is 90.3 Å². The van der Waals surface area contributed by atoms with Crippen molar-refractivity contribution in [3.8, 4) is 5.75 Å². The van der Waals surface area contributed by atoms with E-state index in [2.05, 4.69) is 64.8 Å². The number of rotatable bonds is 9. The number of hydrogen-bond acceptors (Lipinski definition) is 5. The molecule has 1 amide bonds. The zero-order valence-electron chi connectivity index (χ0n) is 29.3. The Kier molecular flexibility index (Phi) is 10.4. The molecule has 262 valence electrons. The van der Waals surface area contributed by atoms with E-state index in [-0.39, 0.29) is 29.7 Å². The van der Waals surface area contributed by atoms with Crippen molar-refractivity contribution in [1.82, 2.24) is 5.32 Å². The molecule has 4 aromatic carbocycles. The molecule has 0 saturated heterocycles. The number of nitrogens with two attached hydrogens (primary N) is 2. The minimum Gasteiger partial charge on any atom is -0.488 e. The fourth-order valence-electron chi connectivity index (χ4n) is 8.91. The van der Waals surface area contributed by atoms with Crippen molar-refractivity contribution in [2.75, 3.05) is 4.90 Å². The van der Waals surface area contributed by atoms with Gasteiger partial charge in [-0.25, -0.2) is 0 Å². The monoisotopic (exact) mass is 671 g/mol. The Balaban J connectivity index is 1.31. The topological polar surface area (TPSA) is 117 Å². The molecule has 2 fully saturated rings. The highest BCUT2D eigenvalue weighted by Gasteiger charge is 2.54. The Hall–Kier alpha value is -4.36. The van der Waals surface area contributed by atoms with Gasteiger partial charge in [-0.1, -0.05) is 111 Å². The smallest absolute Gasteiger partial charge is 0.246 e. The number of ether oxygens (including phenoxy) is 1. The van der Waals surface area contributed by atoms with E-state index in [9.17, 15) is 0 Å². The lowest BCUT2D eigenvalue weighted by molar-refractivity contribution is -0.129. The van der Waals surface area contributed by atoms with Gasteiger partial charge in [-0.3, -0.25) is 10.2 Å². The molecule has 1 atom stereocenters. The number of amidine groups is 1. The van der Waals surface area contributed by atoms with Crippen LogP contribution in [0.15, 0.2) is 84.9 Å². The summed E-state index contributed by atoms with van der Waals surface area (Å²) in [4.78, 5) is 17.7.